The maximum Gasteiger partial charge on any atom is 0.294 e. The Morgan fingerprint density at radius 1 is 0.964 bits per heavy atom. The molecule has 5 atom stereocenters. The fraction of sp³-hybridized carbons (Fsp3) is 0.952. The van der Waals surface area contributed by atoms with Crippen molar-refractivity contribution in [2.24, 2.45) is 17.8 Å². The van der Waals surface area contributed by atoms with Crippen LogP contribution in [0.3, 0.4) is 0 Å². The Morgan fingerprint density at radius 2 is 1.54 bits per heavy atom. The predicted octanol–water partition coefficient (Wildman–Crippen LogP) is 5.54. The summed E-state index contributed by atoms with van der Waals surface area (Å²) in [4.78, 5) is 28.2. The molecule has 0 amide bonds. The molecule has 7 heteroatoms. The zero-order valence-corrected chi connectivity index (χ0v) is 19.6. The first kappa shape index (κ1) is 23.3. The van der Waals surface area contributed by atoms with Crippen LogP contribution in [-0.4, -0.2) is 31.4 Å². The lowest BCUT2D eigenvalue weighted by atomic mass is 9.82. The van der Waals surface area contributed by atoms with Crippen LogP contribution in [-0.2, 0) is 14.1 Å². The van der Waals surface area contributed by atoms with E-state index < -0.39 is 19.5 Å². The van der Waals surface area contributed by atoms with Crippen LogP contribution in [0.5, 0.6) is 0 Å². The third-order valence-corrected chi connectivity index (χ3v) is 13.6. The number of fused-ring (bicyclic) bond motifs is 1. The molecule has 2 aliphatic carbocycles. The average Bonchev–Trinajstić information content (AvgIpc) is 2.90. The highest BCUT2D eigenvalue weighted by atomic mass is 28.4. The first-order valence-electron chi connectivity index (χ1n) is 11.0. The van der Waals surface area contributed by atoms with Gasteiger partial charge in [0.25, 0.3) is 5.09 Å². The van der Waals surface area contributed by atoms with E-state index in [0.717, 1.165) is 19.3 Å². The highest BCUT2D eigenvalue weighted by molar-refractivity contribution is 6.77. The summed E-state index contributed by atoms with van der Waals surface area (Å²) in [7, 11) is -2.05. The lowest BCUT2D eigenvalue weighted by molar-refractivity contribution is -0.769. The Morgan fingerprint density at radius 3 is 2.04 bits per heavy atom. The molecule has 28 heavy (non-hydrogen) atoms. The van der Waals surface area contributed by atoms with Crippen LogP contribution in [0.2, 0.25) is 16.6 Å². The molecule has 0 aromatic rings. The van der Waals surface area contributed by atoms with Crippen molar-refractivity contribution < 1.29 is 19.1 Å². The van der Waals surface area contributed by atoms with E-state index in [1.807, 2.05) is 0 Å². The second-order valence-electron chi connectivity index (χ2n) is 9.86. The van der Waals surface area contributed by atoms with Gasteiger partial charge in [0, 0.05) is 18.9 Å². The van der Waals surface area contributed by atoms with Gasteiger partial charge < -0.3 is 9.26 Å². The third-order valence-electron chi connectivity index (χ3n) is 7.50. The Kier molecular flexibility index (Phi) is 7.70. The van der Waals surface area contributed by atoms with E-state index in [2.05, 4.69) is 41.5 Å². The largest absolute Gasteiger partial charge is 0.413 e. The topological polar surface area (TPSA) is 78.7 Å². The normalized spacial score (nSPS) is 29.9. The Hall–Kier alpha value is -0.953. The summed E-state index contributed by atoms with van der Waals surface area (Å²) in [5, 5.41) is 10.1. The van der Waals surface area contributed by atoms with Crippen LogP contribution < -0.4 is 0 Å². The molecule has 1 unspecified atom stereocenters. The summed E-state index contributed by atoms with van der Waals surface area (Å²) in [6.07, 6.45) is 3.32. The van der Waals surface area contributed by atoms with Crippen molar-refractivity contribution in [3.05, 3.63) is 10.1 Å². The van der Waals surface area contributed by atoms with Gasteiger partial charge in [-0.1, -0.05) is 41.5 Å². The highest BCUT2D eigenvalue weighted by Gasteiger charge is 2.51. The monoisotopic (exact) mass is 413 g/mol. The first-order chi connectivity index (χ1) is 13.0. The van der Waals surface area contributed by atoms with Crippen molar-refractivity contribution in [2.75, 3.05) is 0 Å². The van der Waals surface area contributed by atoms with E-state index in [0.29, 0.717) is 35.4 Å². The van der Waals surface area contributed by atoms with E-state index >= 15 is 0 Å². The van der Waals surface area contributed by atoms with Gasteiger partial charge in [-0.3, -0.25) is 4.79 Å². The number of Topliss-reactive ketones (excluding diaryl/α,β-unsaturated/α-hetero) is 1. The number of ketones is 1. The number of hydrogen-bond acceptors (Lipinski definition) is 5. The van der Waals surface area contributed by atoms with Gasteiger partial charge in [-0.25, -0.2) is 0 Å². The second kappa shape index (κ2) is 9.24. The molecule has 0 N–H and O–H groups in total. The molecular weight excluding hydrogens is 374 g/mol. The lowest BCUT2D eigenvalue weighted by Crippen LogP contribution is -2.51. The summed E-state index contributed by atoms with van der Waals surface area (Å²) < 4.78 is 7.13. The minimum atomic E-state index is -2.05. The molecular formula is C21H39NO5Si. The predicted molar refractivity (Wildman–Crippen MR) is 112 cm³/mol. The van der Waals surface area contributed by atoms with Gasteiger partial charge >= 0.3 is 0 Å². The standard InChI is InChI=1S/C21H39NO5Si/c1-13(2)28(14(3)4,15(5)6)27-21-11-8-17(23)12-20-18(9-10-19(20)21)16(7)26-22(24)25/h13-16,18-21H,8-12H2,1-7H3/t16?,18-,19+,20+,21-/m1/s1. The van der Waals surface area contributed by atoms with Gasteiger partial charge in [-0.15, -0.1) is 10.1 Å². The molecule has 0 radical (unpaired) electrons. The van der Waals surface area contributed by atoms with Gasteiger partial charge in [0.15, 0.2) is 0 Å². The molecule has 0 aromatic carbocycles. The van der Waals surface area contributed by atoms with E-state index in [9.17, 15) is 14.9 Å². The van der Waals surface area contributed by atoms with Gasteiger partial charge in [0.05, 0.1) is 0 Å². The van der Waals surface area contributed by atoms with Crippen LogP contribution >= 0.6 is 0 Å². The van der Waals surface area contributed by atoms with Gasteiger partial charge in [-0.05, 0) is 60.6 Å². The van der Waals surface area contributed by atoms with Crippen LogP contribution in [0.4, 0.5) is 0 Å². The van der Waals surface area contributed by atoms with Crippen LogP contribution in [0.15, 0.2) is 0 Å². The van der Waals surface area contributed by atoms with E-state index in [4.69, 9.17) is 9.26 Å². The Labute approximate surface area is 171 Å². The Balaban J connectivity index is 2.30. The van der Waals surface area contributed by atoms with Crippen molar-refractivity contribution in [3.8, 4) is 0 Å². The third kappa shape index (κ3) is 4.61. The smallest absolute Gasteiger partial charge is 0.294 e. The van der Waals surface area contributed by atoms with E-state index in [1.165, 1.54) is 0 Å². The summed E-state index contributed by atoms with van der Waals surface area (Å²) in [5.41, 5.74) is 1.50. The number of nitrogens with zero attached hydrogens (tertiary/aromatic N) is 1. The fourth-order valence-corrected chi connectivity index (χ4v) is 12.0. The molecule has 0 aromatic heterocycles. The second-order valence-corrected chi connectivity index (χ2v) is 15.3. The zero-order valence-electron chi connectivity index (χ0n) is 18.6. The molecule has 2 aliphatic rings. The minimum Gasteiger partial charge on any atom is -0.413 e. The maximum absolute atomic E-state index is 12.5. The summed E-state index contributed by atoms with van der Waals surface area (Å²) in [5.74, 6) is 0.759. The minimum absolute atomic E-state index is 0.0526. The molecule has 6 nitrogen and oxygen atoms in total. The van der Waals surface area contributed by atoms with Crippen LogP contribution in [0.1, 0.15) is 80.6 Å². The quantitative estimate of drug-likeness (QED) is 0.296. The molecule has 0 spiro atoms. The van der Waals surface area contributed by atoms with Crippen molar-refractivity contribution in [1.82, 2.24) is 0 Å². The molecule has 0 aliphatic heterocycles. The summed E-state index contributed by atoms with van der Waals surface area (Å²) in [6, 6.07) is 0. The molecule has 2 fully saturated rings. The number of carbonyl (C=O) groups excluding carboxylic acids is 1. The molecule has 2 rings (SSSR count). The summed E-state index contributed by atoms with van der Waals surface area (Å²) in [6.45, 7) is 15.5. The number of rotatable bonds is 8. The highest BCUT2D eigenvalue weighted by Crippen LogP contribution is 2.50. The molecule has 0 heterocycles. The lowest BCUT2D eigenvalue weighted by Gasteiger charge is -2.46. The molecule has 0 bridgehead atoms. The first-order valence-corrected chi connectivity index (χ1v) is 13.1. The van der Waals surface area contributed by atoms with Crippen molar-refractivity contribution >= 4 is 14.1 Å². The van der Waals surface area contributed by atoms with Crippen LogP contribution in [0, 0.1) is 27.9 Å². The maximum atomic E-state index is 12.5. The van der Waals surface area contributed by atoms with Crippen LogP contribution in [0.25, 0.3) is 0 Å². The Bertz CT molecular complexity index is 543. The number of carbonyl (C=O) groups is 1. The van der Waals surface area contributed by atoms with Gasteiger partial charge in [0.1, 0.15) is 11.9 Å². The number of hydrogen-bond donors (Lipinski definition) is 0. The fourth-order valence-electron chi connectivity index (χ4n) is 6.39. The molecule has 0 saturated heterocycles. The van der Waals surface area contributed by atoms with Crippen molar-refractivity contribution in [3.63, 3.8) is 0 Å². The van der Waals surface area contributed by atoms with Gasteiger partial charge in [-0.2, -0.15) is 0 Å². The molecule has 162 valence electrons. The summed E-state index contributed by atoms with van der Waals surface area (Å²) >= 11 is 0. The zero-order chi connectivity index (χ0) is 21.2. The van der Waals surface area contributed by atoms with Crippen molar-refractivity contribution in [1.29, 1.82) is 0 Å². The average molecular weight is 414 g/mol. The van der Waals surface area contributed by atoms with Gasteiger partial charge in [0.2, 0.25) is 8.32 Å². The SMILES string of the molecule is CC(O[N+](=O)[O-])[C@H]1CC[C@H]2[C@H]1CC(=O)CC[C@H]2O[Si](C(C)C)(C(C)C)C(C)C. The van der Waals surface area contributed by atoms with E-state index in [-0.39, 0.29) is 23.7 Å². The molecule has 2 saturated carbocycles. The van der Waals surface area contributed by atoms with Crippen molar-refractivity contribution in [2.45, 2.75) is 109 Å². The van der Waals surface area contributed by atoms with E-state index in [1.54, 1.807) is 6.92 Å².